The molecule has 3 atom stereocenters. The number of hydrogen-bond acceptors (Lipinski definition) is 5. The zero-order valence-electron chi connectivity index (χ0n) is 23.1. The molecule has 41 heavy (non-hydrogen) atoms. The minimum atomic E-state index is -0.609. The van der Waals surface area contributed by atoms with E-state index in [2.05, 4.69) is 39.8 Å². The van der Waals surface area contributed by atoms with Gasteiger partial charge in [0.2, 0.25) is 11.8 Å². The van der Waals surface area contributed by atoms with Crippen molar-refractivity contribution in [2.24, 2.45) is 5.92 Å². The molecule has 5 rings (SSSR count). The maximum atomic E-state index is 12.9. The van der Waals surface area contributed by atoms with E-state index in [4.69, 9.17) is 4.74 Å². The van der Waals surface area contributed by atoms with Crippen LogP contribution in [0, 0.1) is 5.92 Å². The molecule has 8 nitrogen and oxygen atoms in total. The second-order valence-corrected chi connectivity index (χ2v) is 10.7. The van der Waals surface area contributed by atoms with Gasteiger partial charge < -0.3 is 20.3 Å². The molecule has 9 heteroatoms. The Morgan fingerprint density at radius 1 is 0.976 bits per heavy atom. The van der Waals surface area contributed by atoms with Crippen LogP contribution in [0.2, 0.25) is 0 Å². The summed E-state index contributed by atoms with van der Waals surface area (Å²) in [6, 6.07) is 6.78. The van der Waals surface area contributed by atoms with Crippen molar-refractivity contribution in [3.8, 4) is 5.75 Å². The van der Waals surface area contributed by atoms with Crippen LogP contribution in [0.5, 0.6) is 5.75 Å². The van der Waals surface area contributed by atoms with Gasteiger partial charge in [0, 0.05) is 55.3 Å². The van der Waals surface area contributed by atoms with E-state index in [1.165, 1.54) is 11.6 Å². The van der Waals surface area contributed by atoms with Gasteiger partial charge in [-0.1, -0.05) is 54.7 Å². The first kappa shape index (κ1) is 28.5. The maximum Gasteiger partial charge on any atom is 0.251 e. The standard InChI is InChI=1S/C32H37FN4O4/c33-14-19-41-29-7-3-6-25(21-29)31(39)34-22-30(38)37-17-15-36(16-18-37)28-12-10-27(11-13-28)35-32(40)26-9-8-23-4-1-2-5-24(23)20-26/h1-10,12,21,24,27-28H,11,13-20,22H2,(H,34,39)(H,35,40). The lowest BCUT2D eigenvalue weighted by Gasteiger charge is -2.40. The Labute approximate surface area is 240 Å². The molecule has 1 saturated heterocycles. The lowest BCUT2D eigenvalue weighted by atomic mass is 9.84. The van der Waals surface area contributed by atoms with Crippen LogP contribution in [-0.4, -0.2) is 85.6 Å². The lowest BCUT2D eigenvalue weighted by Crippen LogP contribution is -2.54. The third-order valence-corrected chi connectivity index (χ3v) is 8.01. The first-order valence-corrected chi connectivity index (χ1v) is 14.3. The van der Waals surface area contributed by atoms with E-state index in [9.17, 15) is 18.8 Å². The summed E-state index contributed by atoms with van der Waals surface area (Å²) in [4.78, 5) is 42.3. The van der Waals surface area contributed by atoms with Gasteiger partial charge in [0.05, 0.1) is 6.54 Å². The number of allylic oxidation sites excluding steroid dienone is 7. The minimum absolute atomic E-state index is 0.00779. The normalized spacial score (nSPS) is 23.7. The monoisotopic (exact) mass is 560 g/mol. The number of hydrogen-bond donors (Lipinski definition) is 2. The van der Waals surface area contributed by atoms with Crippen LogP contribution in [0.15, 0.2) is 84.0 Å². The second-order valence-electron chi connectivity index (χ2n) is 10.7. The molecule has 1 heterocycles. The maximum absolute atomic E-state index is 12.9. The zero-order chi connectivity index (χ0) is 28.6. The summed E-state index contributed by atoms with van der Waals surface area (Å²) in [5.41, 5.74) is 2.43. The highest BCUT2D eigenvalue weighted by Gasteiger charge is 2.28. The molecular weight excluding hydrogens is 523 g/mol. The van der Waals surface area contributed by atoms with Crippen LogP contribution in [0.4, 0.5) is 4.39 Å². The fraction of sp³-hybridized carbons (Fsp3) is 0.406. The van der Waals surface area contributed by atoms with Gasteiger partial charge in [-0.25, -0.2) is 4.39 Å². The number of amides is 3. The van der Waals surface area contributed by atoms with Gasteiger partial charge in [-0.2, -0.15) is 0 Å². The molecule has 1 fully saturated rings. The van der Waals surface area contributed by atoms with Crippen molar-refractivity contribution >= 4 is 17.7 Å². The SMILES string of the molecule is O=C(NC1C=CC(N2CCN(C(=O)CNC(=O)c3cccc(OCCF)c3)CC2)CC1)C1=CC=C2C=CC=CC2C1. The molecule has 0 radical (unpaired) electrons. The Morgan fingerprint density at radius 3 is 2.61 bits per heavy atom. The third-order valence-electron chi connectivity index (χ3n) is 8.01. The third kappa shape index (κ3) is 7.41. The van der Waals surface area contributed by atoms with Crippen LogP contribution in [-0.2, 0) is 9.59 Å². The van der Waals surface area contributed by atoms with E-state index >= 15 is 0 Å². The van der Waals surface area contributed by atoms with Gasteiger partial charge in [0.15, 0.2) is 0 Å². The number of nitrogens with zero attached hydrogens (tertiary/aromatic N) is 2. The number of halogens is 1. The number of ether oxygens (including phenoxy) is 1. The van der Waals surface area contributed by atoms with Crippen molar-refractivity contribution in [1.29, 1.82) is 0 Å². The molecular formula is C32H37FN4O4. The largest absolute Gasteiger partial charge is 0.491 e. The lowest BCUT2D eigenvalue weighted by molar-refractivity contribution is -0.132. The van der Waals surface area contributed by atoms with Crippen molar-refractivity contribution in [2.45, 2.75) is 31.3 Å². The fourth-order valence-electron chi connectivity index (χ4n) is 5.68. The summed E-state index contributed by atoms with van der Waals surface area (Å²) in [7, 11) is 0. The summed E-state index contributed by atoms with van der Waals surface area (Å²) in [6.07, 6.45) is 19.1. The van der Waals surface area contributed by atoms with E-state index in [0.29, 0.717) is 24.4 Å². The number of carbonyl (C=O) groups excluding carboxylic acids is 3. The molecule has 1 aromatic carbocycles. The van der Waals surface area contributed by atoms with E-state index in [1.807, 2.05) is 24.3 Å². The first-order chi connectivity index (χ1) is 20.0. The molecule has 0 bridgehead atoms. The number of carbonyl (C=O) groups is 3. The molecule has 3 unspecified atom stereocenters. The van der Waals surface area contributed by atoms with Gasteiger partial charge in [-0.3, -0.25) is 19.3 Å². The summed E-state index contributed by atoms with van der Waals surface area (Å²) in [5.74, 6) is 0.207. The van der Waals surface area contributed by atoms with Gasteiger partial charge in [0.25, 0.3) is 5.91 Å². The molecule has 3 aliphatic carbocycles. The van der Waals surface area contributed by atoms with Crippen LogP contribution < -0.4 is 15.4 Å². The zero-order valence-corrected chi connectivity index (χ0v) is 23.1. The predicted octanol–water partition coefficient (Wildman–Crippen LogP) is 3.11. The average molecular weight is 561 g/mol. The van der Waals surface area contributed by atoms with E-state index < -0.39 is 6.67 Å². The summed E-state index contributed by atoms with van der Waals surface area (Å²) in [6.45, 7) is 1.94. The van der Waals surface area contributed by atoms with Crippen molar-refractivity contribution in [3.63, 3.8) is 0 Å². The highest BCUT2D eigenvalue weighted by molar-refractivity contribution is 5.97. The Kier molecular flexibility index (Phi) is 9.46. The number of piperazine rings is 1. The summed E-state index contributed by atoms with van der Waals surface area (Å²) < 4.78 is 17.6. The molecule has 1 aliphatic heterocycles. The topological polar surface area (TPSA) is 91.0 Å². The van der Waals surface area contributed by atoms with Crippen molar-refractivity contribution in [2.75, 3.05) is 46.0 Å². The van der Waals surface area contributed by atoms with Crippen LogP contribution in [0.3, 0.4) is 0 Å². The van der Waals surface area contributed by atoms with E-state index in [0.717, 1.165) is 37.9 Å². The Hall–Kier alpha value is -3.98. The van der Waals surface area contributed by atoms with Crippen LogP contribution in [0.25, 0.3) is 0 Å². The molecule has 0 aromatic heterocycles. The van der Waals surface area contributed by atoms with Gasteiger partial charge in [-0.15, -0.1) is 0 Å². The van der Waals surface area contributed by atoms with E-state index in [-0.39, 0.29) is 48.9 Å². The van der Waals surface area contributed by atoms with Crippen molar-refractivity contribution < 1.29 is 23.5 Å². The van der Waals surface area contributed by atoms with Crippen molar-refractivity contribution in [3.05, 3.63) is 89.6 Å². The number of benzene rings is 1. The molecule has 4 aliphatic rings. The van der Waals surface area contributed by atoms with Gasteiger partial charge in [-0.05, 0) is 43.0 Å². The molecule has 0 saturated carbocycles. The van der Waals surface area contributed by atoms with Crippen LogP contribution in [0.1, 0.15) is 29.6 Å². The van der Waals surface area contributed by atoms with Crippen LogP contribution >= 0.6 is 0 Å². The van der Waals surface area contributed by atoms with Gasteiger partial charge >= 0.3 is 0 Å². The summed E-state index contributed by atoms with van der Waals surface area (Å²) >= 11 is 0. The molecule has 1 aromatic rings. The second kappa shape index (κ2) is 13.6. The number of rotatable bonds is 9. The molecule has 0 spiro atoms. The number of nitrogens with one attached hydrogen (secondary N) is 2. The molecule has 216 valence electrons. The van der Waals surface area contributed by atoms with Crippen molar-refractivity contribution in [1.82, 2.24) is 20.4 Å². The Morgan fingerprint density at radius 2 is 1.83 bits per heavy atom. The molecule has 3 amide bonds. The Balaban J connectivity index is 1.03. The summed E-state index contributed by atoms with van der Waals surface area (Å²) in [5, 5.41) is 5.86. The van der Waals surface area contributed by atoms with E-state index in [1.54, 1.807) is 23.1 Å². The predicted molar refractivity (Wildman–Crippen MR) is 155 cm³/mol. The Bertz CT molecular complexity index is 1290. The number of fused-ring (bicyclic) bond motifs is 1. The molecule has 2 N–H and O–H groups in total. The quantitative estimate of drug-likeness (QED) is 0.453. The average Bonchev–Trinajstić information content (AvgIpc) is 3.02. The van der Waals surface area contributed by atoms with Gasteiger partial charge in [0.1, 0.15) is 19.0 Å². The highest BCUT2D eigenvalue weighted by atomic mass is 19.1. The fourth-order valence-corrected chi connectivity index (χ4v) is 5.68. The smallest absolute Gasteiger partial charge is 0.251 e. The first-order valence-electron chi connectivity index (χ1n) is 14.3. The highest BCUT2D eigenvalue weighted by Crippen LogP contribution is 2.30. The number of alkyl halides is 1. The minimum Gasteiger partial charge on any atom is -0.491 e.